The monoisotopic (exact) mass is 126 g/mol. The summed E-state index contributed by atoms with van der Waals surface area (Å²) in [6.07, 6.45) is 0. The summed E-state index contributed by atoms with van der Waals surface area (Å²) in [5, 5.41) is 7.15. The lowest BCUT2D eigenvalue weighted by Crippen LogP contribution is -1.75. The van der Waals surface area contributed by atoms with E-state index in [0.29, 0.717) is 5.70 Å². The molecule has 0 saturated heterocycles. The van der Waals surface area contributed by atoms with Crippen LogP contribution in [0.4, 0.5) is 0 Å². The molecule has 0 aliphatic heterocycles. The molecule has 3 heteroatoms. The van der Waals surface area contributed by atoms with Crippen molar-refractivity contribution in [1.82, 2.24) is 0 Å². The number of ether oxygens (including phenoxy) is 1. The fourth-order valence-corrected chi connectivity index (χ4v) is 0.182. The summed E-state index contributed by atoms with van der Waals surface area (Å²) in [7, 11) is 1.49. The van der Waals surface area contributed by atoms with Crippen LogP contribution in [-0.4, -0.2) is 7.11 Å². The smallest absolute Gasteiger partial charge is 0.225 e. The van der Waals surface area contributed by atoms with E-state index in [9.17, 15) is 0 Å². The Hall–Kier alpha value is -1.12. The fraction of sp³-hybridized carbons (Fsp3) is 0.333. The second-order valence-electron chi connectivity index (χ2n) is 1.53. The Labute approximate surface area is 54.7 Å². The summed E-state index contributed by atoms with van der Waals surface area (Å²) in [6.45, 7) is 8.67. The highest BCUT2D eigenvalue weighted by Gasteiger charge is 1.81. The van der Waals surface area contributed by atoms with E-state index >= 15 is 0 Å². The average molecular weight is 126 g/mol. The summed E-state index contributed by atoms with van der Waals surface area (Å²) >= 11 is 0. The topological polar surface area (TPSA) is 34.0 Å². The van der Waals surface area contributed by atoms with Gasteiger partial charge in [-0.15, -0.1) is 5.11 Å². The van der Waals surface area contributed by atoms with Crippen molar-refractivity contribution in [2.75, 3.05) is 7.11 Å². The first-order chi connectivity index (χ1) is 4.16. The molecule has 0 atom stereocenters. The number of allylic oxidation sites excluding steroid dienone is 1. The molecule has 0 bridgehead atoms. The Morgan fingerprint density at radius 1 is 1.33 bits per heavy atom. The van der Waals surface area contributed by atoms with Gasteiger partial charge in [0.15, 0.2) is 0 Å². The summed E-state index contributed by atoms with van der Waals surface area (Å²) in [5.74, 6) is 0.290. The Kier molecular flexibility index (Phi) is 3.35. The van der Waals surface area contributed by atoms with Gasteiger partial charge in [-0.25, -0.2) is 0 Å². The van der Waals surface area contributed by atoms with E-state index in [-0.39, 0.29) is 5.88 Å². The third kappa shape index (κ3) is 4.74. The Balaban J connectivity index is 3.71. The normalized spacial score (nSPS) is 9.56. The van der Waals surface area contributed by atoms with Gasteiger partial charge in [-0.1, -0.05) is 6.58 Å². The average Bonchev–Trinajstić information content (AvgIpc) is 1.83. The van der Waals surface area contributed by atoms with Crippen LogP contribution in [-0.2, 0) is 4.74 Å². The van der Waals surface area contributed by atoms with Crippen LogP contribution in [0.15, 0.2) is 35.0 Å². The van der Waals surface area contributed by atoms with Crippen LogP contribution >= 0.6 is 0 Å². The van der Waals surface area contributed by atoms with Gasteiger partial charge >= 0.3 is 0 Å². The highest BCUT2D eigenvalue weighted by molar-refractivity contribution is 4.85. The molecule has 0 aliphatic rings. The number of hydrogen-bond donors (Lipinski definition) is 0. The second-order valence-corrected chi connectivity index (χ2v) is 1.53. The Bertz CT molecular complexity index is 149. The summed E-state index contributed by atoms with van der Waals surface area (Å²) in [6, 6.07) is 0. The predicted molar refractivity (Wildman–Crippen MR) is 35.8 cm³/mol. The van der Waals surface area contributed by atoms with Gasteiger partial charge in [0.2, 0.25) is 5.88 Å². The van der Waals surface area contributed by atoms with Gasteiger partial charge in [0.1, 0.15) is 0 Å². The van der Waals surface area contributed by atoms with Crippen LogP contribution in [0, 0.1) is 0 Å². The summed E-state index contributed by atoms with van der Waals surface area (Å²) < 4.78 is 4.60. The highest BCUT2D eigenvalue weighted by Crippen LogP contribution is 1.97. The lowest BCUT2D eigenvalue weighted by Gasteiger charge is -1.91. The van der Waals surface area contributed by atoms with Crippen LogP contribution < -0.4 is 0 Å². The van der Waals surface area contributed by atoms with Crippen molar-refractivity contribution in [3.8, 4) is 0 Å². The molecule has 3 nitrogen and oxygen atoms in total. The van der Waals surface area contributed by atoms with Gasteiger partial charge in [0.25, 0.3) is 0 Å². The van der Waals surface area contributed by atoms with Crippen LogP contribution in [0.2, 0.25) is 0 Å². The third-order valence-corrected chi connectivity index (χ3v) is 0.568. The molecule has 0 rings (SSSR count). The molecular weight excluding hydrogens is 116 g/mol. The molecule has 0 radical (unpaired) electrons. The molecule has 9 heavy (non-hydrogen) atoms. The third-order valence-electron chi connectivity index (χ3n) is 0.568. The van der Waals surface area contributed by atoms with Gasteiger partial charge in [-0.3, -0.25) is 0 Å². The van der Waals surface area contributed by atoms with Crippen LogP contribution in [0.1, 0.15) is 6.92 Å². The maximum atomic E-state index is 4.60. The van der Waals surface area contributed by atoms with Crippen molar-refractivity contribution in [3.63, 3.8) is 0 Å². The molecule has 0 amide bonds. The number of azo groups is 1. The molecule has 0 spiro atoms. The van der Waals surface area contributed by atoms with Crippen LogP contribution in [0.25, 0.3) is 0 Å². The molecule has 0 fully saturated rings. The lowest BCUT2D eigenvalue weighted by atomic mass is 10.6. The zero-order chi connectivity index (χ0) is 7.28. The minimum absolute atomic E-state index is 0.290. The van der Waals surface area contributed by atoms with Crippen molar-refractivity contribution in [3.05, 3.63) is 24.7 Å². The highest BCUT2D eigenvalue weighted by atomic mass is 16.5. The molecule has 50 valence electrons. The van der Waals surface area contributed by atoms with Gasteiger partial charge in [0.05, 0.1) is 12.8 Å². The number of methoxy groups -OCH3 is 1. The Morgan fingerprint density at radius 2 is 1.89 bits per heavy atom. The van der Waals surface area contributed by atoms with E-state index in [4.69, 9.17) is 0 Å². The SMILES string of the molecule is C=C(C)N=NC(=C)OC. The largest absolute Gasteiger partial charge is 0.480 e. The quantitative estimate of drug-likeness (QED) is 0.421. The van der Waals surface area contributed by atoms with Crippen LogP contribution in [0.5, 0.6) is 0 Å². The van der Waals surface area contributed by atoms with Crippen molar-refractivity contribution in [1.29, 1.82) is 0 Å². The first-order valence-corrected chi connectivity index (χ1v) is 2.47. The standard InChI is InChI=1S/C6H10N2O/c1-5(2)7-8-6(3)9-4/h1,3H2,2,4H3. The van der Waals surface area contributed by atoms with E-state index in [1.165, 1.54) is 7.11 Å². The molecule has 0 unspecified atom stereocenters. The summed E-state index contributed by atoms with van der Waals surface area (Å²) in [5.41, 5.74) is 0.633. The molecule has 0 aromatic rings. The van der Waals surface area contributed by atoms with E-state index in [2.05, 4.69) is 28.1 Å². The zero-order valence-corrected chi connectivity index (χ0v) is 5.72. The van der Waals surface area contributed by atoms with E-state index in [1.54, 1.807) is 6.92 Å². The molecule has 0 saturated carbocycles. The van der Waals surface area contributed by atoms with Crippen molar-refractivity contribution < 1.29 is 4.74 Å². The molecule has 0 heterocycles. The van der Waals surface area contributed by atoms with Crippen molar-refractivity contribution >= 4 is 0 Å². The minimum atomic E-state index is 0.290. The van der Waals surface area contributed by atoms with Crippen molar-refractivity contribution in [2.24, 2.45) is 10.2 Å². The van der Waals surface area contributed by atoms with E-state index in [1.807, 2.05) is 0 Å². The first-order valence-electron chi connectivity index (χ1n) is 2.47. The lowest BCUT2D eigenvalue weighted by molar-refractivity contribution is 0.286. The number of nitrogens with zero attached hydrogens (tertiary/aromatic N) is 2. The van der Waals surface area contributed by atoms with E-state index < -0.39 is 0 Å². The molecular formula is C6H10N2O. The van der Waals surface area contributed by atoms with Gasteiger partial charge in [-0.05, 0) is 13.5 Å². The van der Waals surface area contributed by atoms with Crippen molar-refractivity contribution in [2.45, 2.75) is 6.92 Å². The van der Waals surface area contributed by atoms with E-state index in [0.717, 1.165) is 0 Å². The minimum Gasteiger partial charge on any atom is -0.480 e. The Morgan fingerprint density at radius 3 is 2.22 bits per heavy atom. The zero-order valence-electron chi connectivity index (χ0n) is 5.72. The molecule has 0 N–H and O–H groups in total. The maximum Gasteiger partial charge on any atom is 0.225 e. The van der Waals surface area contributed by atoms with Crippen LogP contribution in [0.3, 0.4) is 0 Å². The predicted octanol–water partition coefficient (Wildman–Crippen LogP) is 2.09. The van der Waals surface area contributed by atoms with Gasteiger partial charge in [-0.2, -0.15) is 5.11 Å². The fourth-order valence-electron chi connectivity index (χ4n) is 0.182. The second kappa shape index (κ2) is 3.83. The summed E-state index contributed by atoms with van der Waals surface area (Å²) in [4.78, 5) is 0. The van der Waals surface area contributed by atoms with Gasteiger partial charge in [0, 0.05) is 0 Å². The number of rotatable bonds is 3. The molecule has 0 aromatic carbocycles. The molecule has 0 aromatic heterocycles. The van der Waals surface area contributed by atoms with Gasteiger partial charge < -0.3 is 4.74 Å². The first kappa shape index (κ1) is 7.88. The number of hydrogen-bond acceptors (Lipinski definition) is 3. The molecule has 0 aliphatic carbocycles. The maximum absolute atomic E-state index is 4.60.